The maximum Gasteiger partial charge on any atom is 0.204 e. The van der Waals surface area contributed by atoms with Crippen LogP contribution in [-0.4, -0.2) is 31.6 Å². The predicted molar refractivity (Wildman–Crippen MR) is 81.2 cm³/mol. The van der Waals surface area contributed by atoms with Crippen LogP contribution in [0.15, 0.2) is 43.0 Å². The zero-order chi connectivity index (χ0) is 14.1. The molecule has 1 aromatic carbocycles. The number of rotatable bonds is 3. The third-order valence-corrected chi connectivity index (χ3v) is 3.27. The van der Waals surface area contributed by atoms with Crippen molar-refractivity contribution < 1.29 is 0 Å². The zero-order valence-corrected chi connectivity index (χ0v) is 11.6. The molecule has 0 aliphatic rings. The number of nitrogens with zero attached hydrogens (tertiary/aromatic N) is 5. The third-order valence-electron chi connectivity index (χ3n) is 3.05. The Morgan fingerprint density at radius 1 is 1.35 bits per heavy atom. The van der Waals surface area contributed by atoms with Gasteiger partial charge >= 0.3 is 0 Å². The Morgan fingerprint density at radius 3 is 2.95 bits per heavy atom. The lowest BCUT2D eigenvalue weighted by molar-refractivity contribution is 1.06. The molecule has 0 atom stereocenters. The van der Waals surface area contributed by atoms with Crippen molar-refractivity contribution in [3.8, 4) is 0 Å². The second-order valence-electron chi connectivity index (χ2n) is 4.25. The molecule has 0 unspecified atom stereocenters. The fourth-order valence-corrected chi connectivity index (χ4v) is 2.24. The van der Waals surface area contributed by atoms with Crippen LogP contribution >= 0.6 is 12.2 Å². The van der Waals surface area contributed by atoms with Gasteiger partial charge in [0.2, 0.25) is 5.65 Å². The van der Waals surface area contributed by atoms with E-state index in [1.165, 1.54) is 0 Å². The van der Waals surface area contributed by atoms with Crippen molar-refractivity contribution in [2.75, 3.05) is 11.9 Å². The maximum absolute atomic E-state index is 5.77. The van der Waals surface area contributed by atoms with Crippen LogP contribution in [0.25, 0.3) is 5.65 Å². The molecule has 0 amide bonds. The summed E-state index contributed by atoms with van der Waals surface area (Å²) in [5.41, 5.74) is 8.13. The van der Waals surface area contributed by atoms with Gasteiger partial charge in [0.1, 0.15) is 11.3 Å². The summed E-state index contributed by atoms with van der Waals surface area (Å²) in [6, 6.07) is 7.66. The quantitative estimate of drug-likeness (QED) is 0.735. The standard InChI is InChI=1S/C13H12N6S/c1-18(10-5-3-2-4-9(10)11(14)20)12-13-17-16-8-19(13)7-6-15-12/h2-8H,1H3,(H2,14,20). The summed E-state index contributed by atoms with van der Waals surface area (Å²) >= 11 is 5.10. The van der Waals surface area contributed by atoms with E-state index in [4.69, 9.17) is 18.0 Å². The molecule has 0 radical (unpaired) electrons. The van der Waals surface area contributed by atoms with Gasteiger partial charge in [-0.2, -0.15) is 0 Å². The highest BCUT2D eigenvalue weighted by molar-refractivity contribution is 7.80. The molecule has 0 saturated heterocycles. The normalized spacial score (nSPS) is 10.7. The van der Waals surface area contributed by atoms with E-state index < -0.39 is 0 Å². The fourth-order valence-electron chi connectivity index (χ4n) is 2.07. The van der Waals surface area contributed by atoms with Crippen LogP contribution in [0.2, 0.25) is 0 Å². The molecule has 0 saturated carbocycles. The predicted octanol–water partition coefficient (Wildman–Crippen LogP) is 1.53. The molecule has 0 spiro atoms. The average Bonchev–Trinajstić information content (AvgIpc) is 2.94. The Kier molecular flexibility index (Phi) is 3.03. The first kappa shape index (κ1) is 12.5. The first-order valence-electron chi connectivity index (χ1n) is 5.95. The van der Waals surface area contributed by atoms with E-state index >= 15 is 0 Å². The van der Waals surface area contributed by atoms with E-state index in [0.29, 0.717) is 16.5 Å². The second-order valence-corrected chi connectivity index (χ2v) is 4.69. The molecule has 3 aromatic rings. The van der Waals surface area contributed by atoms with Crippen LogP contribution in [0, 0.1) is 0 Å². The van der Waals surface area contributed by atoms with Crippen molar-refractivity contribution in [1.82, 2.24) is 19.6 Å². The lowest BCUT2D eigenvalue weighted by Gasteiger charge is -2.21. The minimum absolute atomic E-state index is 0.348. The molecule has 6 nitrogen and oxygen atoms in total. The Balaban J connectivity index is 2.16. The molecule has 0 aliphatic heterocycles. The lowest BCUT2D eigenvalue weighted by atomic mass is 10.1. The van der Waals surface area contributed by atoms with Crippen LogP contribution in [0.3, 0.4) is 0 Å². The average molecular weight is 284 g/mol. The monoisotopic (exact) mass is 284 g/mol. The van der Waals surface area contributed by atoms with Crippen molar-refractivity contribution in [2.24, 2.45) is 5.73 Å². The summed E-state index contributed by atoms with van der Waals surface area (Å²) in [6.07, 6.45) is 5.13. The molecular weight excluding hydrogens is 272 g/mol. The summed E-state index contributed by atoms with van der Waals surface area (Å²) in [4.78, 5) is 6.62. The van der Waals surface area contributed by atoms with E-state index in [0.717, 1.165) is 11.3 Å². The minimum Gasteiger partial charge on any atom is -0.389 e. The molecule has 0 aliphatic carbocycles. The van der Waals surface area contributed by atoms with Gasteiger partial charge < -0.3 is 10.6 Å². The van der Waals surface area contributed by atoms with Crippen molar-refractivity contribution >= 4 is 34.4 Å². The molecule has 0 bridgehead atoms. The highest BCUT2D eigenvalue weighted by atomic mass is 32.1. The summed E-state index contributed by atoms with van der Waals surface area (Å²) in [6.45, 7) is 0. The number of thiocarbonyl (C=S) groups is 1. The van der Waals surface area contributed by atoms with E-state index in [9.17, 15) is 0 Å². The van der Waals surface area contributed by atoms with Gasteiger partial charge in [-0.15, -0.1) is 10.2 Å². The number of aromatic nitrogens is 4. The van der Waals surface area contributed by atoms with Crippen LogP contribution in [-0.2, 0) is 0 Å². The van der Waals surface area contributed by atoms with Crippen LogP contribution < -0.4 is 10.6 Å². The molecular formula is C13H12N6S. The lowest BCUT2D eigenvalue weighted by Crippen LogP contribution is -2.19. The van der Waals surface area contributed by atoms with Gasteiger partial charge in [0, 0.05) is 25.0 Å². The summed E-state index contributed by atoms with van der Waals surface area (Å²) < 4.78 is 1.81. The molecule has 100 valence electrons. The Labute approximate surface area is 120 Å². The van der Waals surface area contributed by atoms with Gasteiger partial charge in [0.15, 0.2) is 5.82 Å². The second kappa shape index (κ2) is 4.86. The molecule has 7 heteroatoms. The largest absolute Gasteiger partial charge is 0.389 e. The first-order chi connectivity index (χ1) is 9.68. The van der Waals surface area contributed by atoms with Gasteiger partial charge in [-0.05, 0) is 12.1 Å². The summed E-state index contributed by atoms with van der Waals surface area (Å²) in [5.74, 6) is 0.689. The van der Waals surface area contributed by atoms with Crippen molar-refractivity contribution in [3.05, 3.63) is 48.5 Å². The van der Waals surface area contributed by atoms with Crippen LogP contribution in [0.1, 0.15) is 5.56 Å². The van der Waals surface area contributed by atoms with Crippen LogP contribution in [0.5, 0.6) is 0 Å². The van der Waals surface area contributed by atoms with Gasteiger partial charge in [-0.3, -0.25) is 4.40 Å². The number of benzene rings is 1. The van der Waals surface area contributed by atoms with Crippen LogP contribution in [0.4, 0.5) is 11.5 Å². The van der Waals surface area contributed by atoms with Crippen molar-refractivity contribution in [3.63, 3.8) is 0 Å². The molecule has 3 rings (SSSR count). The smallest absolute Gasteiger partial charge is 0.204 e. The van der Waals surface area contributed by atoms with E-state index in [1.807, 2.05) is 40.6 Å². The Hall–Kier alpha value is -2.54. The Morgan fingerprint density at radius 2 is 2.15 bits per heavy atom. The van der Waals surface area contributed by atoms with Gasteiger partial charge in [0.05, 0.1) is 5.69 Å². The maximum atomic E-state index is 5.77. The SMILES string of the molecule is CN(c1ccccc1C(N)=S)c1nccn2cnnc12. The van der Waals surface area contributed by atoms with Gasteiger partial charge in [0.25, 0.3) is 0 Å². The molecule has 20 heavy (non-hydrogen) atoms. The third kappa shape index (κ3) is 1.97. The minimum atomic E-state index is 0.348. The van der Waals surface area contributed by atoms with E-state index in [-0.39, 0.29) is 0 Å². The van der Waals surface area contributed by atoms with E-state index in [1.54, 1.807) is 18.7 Å². The highest BCUT2D eigenvalue weighted by Crippen LogP contribution is 2.27. The van der Waals surface area contributed by atoms with Crippen molar-refractivity contribution in [2.45, 2.75) is 0 Å². The number of nitrogens with two attached hydrogens (primary N) is 1. The number of fused-ring (bicyclic) bond motifs is 1. The first-order valence-corrected chi connectivity index (χ1v) is 6.36. The Bertz CT molecular complexity index is 781. The number of hydrogen-bond acceptors (Lipinski definition) is 5. The summed E-state index contributed by atoms with van der Waals surface area (Å²) in [7, 11) is 1.90. The highest BCUT2D eigenvalue weighted by Gasteiger charge is 2.15. The summed E-state index contributed by atoms with van der Waals surface area (Å²) in [5, 5.41) is 7.98. The fraction of sp³-hybridized carbons (Fsp3) is 0.0769. The molecule has 0 fully saturated rings. The topological polar surface area (TPSA) is 72.3 Å². The molecule has 2 aromatic heterocycles. The van der Waals surface area contributed by atoms with Crippen molar-refractivity contribution in [1.29, 1.82) is 0 Å². The zero-order valence-electron chi connectivity index (χ0n) is 10.8. The van der Waals surface area contributed by atoms with Gasteiger partial charge in [-0.25, -0.2) is 4.98 Å². The van der Waals surface area contributed by atoms with Gasteiger partial charge in [-0.1, -0.05) is 24.4 Å². The number of anilines is 2. The number of para-hydroxylation sites is 1. The number of hydrogen-bond donors (Lipinski definition) is 1. The van der Waals surface area contributed by atoms with E-state index in [2.05, 4.69) is 15.2 Å². The molecule has 2 heterocycles. The molecule has 2 N–H and O–H groups in total.